The first-order valence-electron chi connectivity index (χ1n) is 3.78. The fourth-order valence-corrected chi connectivity index (χ4v) is 2.18. The van der Waals surface area contributed by atoms with Crippen molar-refractivity contribution in [2.45, 2.75) is 4.90 Å². The van der Waals surface area contributed by atoms with E-state index < -0.39 is 10.8 Å². The smallest absolute Gasteiger partial charge is 0.0638 e. The van der Waals surface area contributed by atoms with E-state index in [-0.39, 0.29) is 0 Å². The first-order valence-corrected chi connectivity index (χ1v) is 5.72. The molecule has 1 aromatic heterocycles. The van der Waals surface area contributed by atoms with Crippen LogP contribution in [0.2, 0.25) is 5.02 Å². The molecule has 4 heteroatoms. The van der Waals surface area contributed by atoms with Crippen LogP contribution in [-0.2, 0) is 10.8 Å². The van der Waals surface area contributed by atoms with Gasteiger partial charge in [-0.05, 0) is 18.2 Å². The molecule has 1 aromatic carbocycles. The van der Waals surface area contributed by atoms with Crippen molar-refractivity contribution in [2.75, 3.05) is 6.26 Å². The highest BCUT2D eigenvalue weighted by molar-refractivity contribution is 7.84. The molecule has 0 bridgehead atoms. The summed E-state index contributed by atoms with van der Waals surface area (Å²) in [5, 5.41) is 1.60. The van der Waals surface area contributed by atoms with Gasteiger partial charge in [-0.3, -0.25) is 4.21 Å². The molecule has 0 saturated heterocycles. The molecular weight excluding hydrogens is 206 g/mol. The number of nitrogens with one attached hydrogen (secondary N) is 1. The molecule has 1 atom stereocenters. The fraction of sp³-hybridized carbons (Fsp3) is 0.111. The Morgan fingerprint density at radius 1 is 1.46 bits per heavy atom. The van der Waals surface area contributed by atoms with Crippen molar-refractivity contribution in [1.29, 1.82) is 0 Å². The van der Waals surface area contributed by atoms with E-state index in [0.29, 0.717) is 5.02 Å². The molecule has 2 nitrogen and oxygen atoms in total. The minimum Gasteiger partial charge on any atom is -0.360 e. The van der Waals surface area contributed by atoms with Gasteiger partial charge in [0, 0.05) is 28.4 Å². The number of rotatable bonds is 1. The number of H-pyrrole nitrogens is 1. The first-order chi connectivity index (χ1) is 6.18. The number of hydrogen-bond donors (Lipinski definition) is 1. The fourth-order valence-electron chi connectivity index (χ4n) is 1.31. The van der Waals surface area contributed by atoms with Crippen molar-refractivity contribution < 1.29 is 4.21 Å². The molecule has 0 aliphatic heterocycles. The summed E-state index contributed by atoms with van der Waals surface area (Å²) in [6.07, 6.45) is 3.42. The Hall–Kier alpha value is -0.800. The second-order valence-corrected chi connectivity index (χ2v) is 4.58. The van der Waals surface area contributed by atoms with E-state index in [2.05, 4.69) is 4.98 Å². The van der Waals surface area contributed by atoms with Gasteiger partial charge in [-0.25, -0.2) is 0 Å². The van der Waals surface area contributed by atoms with Gasteiger partial charge >= 0.3 is 0 Å². The molecule has 0 fully saturated rings. The molecule has 13 heavy (non-hydrogen) atoms. The van der Waals surface area contributed by atoms with Crippen LogP contribution in [0.25, 0.3) is 10.9 Å². The van der Waals surface area contributed by atoms with Gasteiger partial charge in [0.15, 0.2) is 0 Å². The molecule has 0 amide bonds. The van der Waals surface area contributed by atoms with E-state index in [1.165, 1.54) is 0 Å². The molecular formula is C9H8ClNOS. The zero-order valence-electron chi connectivity index (χ0n) is 7.00. The molecule has 0 spiro atoms. The lowest BCUT2D eigenvalue weighted by Crippen LogP contribution is -1.83. The average Bonchev–Trinajstić information content (AvgIpc) is 2.46. The molecule has 2 aromatic rings. The third kappa shape index (κ3) is 1.49. The maximum atomic E-state index is 11.3. The highest BCUT2D eigenvalue weighted by Crippen LogP contribution is 2.23. The summed E-state index contributed by atoms with van der Waals surface area (Å²) in [4.78, 5) is 3.85. The molecule has 1 N–H and O–H groups in total. The molecule has 68 valence electrons. The molecule has 2 rings (SSSR count). The van der Waals surface area contributed by atoms with E-state index in [4.69, 9.17) is 11.6 Å². The van der Waals surface area contributed by atoms with Gasteiger partial charge in [-0.1, -0.05) is 11.6 Å². The summed E-state index contributed by atoms with van der Waals surface area (Å²) in [5.74, 6) is 0. The molecule has 0 aliphatic carbocycles. The Kier molecular flexibility index (Phi) is 2.14. The Morgan fingerprint density at radius 3 is 2.92 bits per heavy atom. The zero-order chi connectivity index (χ0) is 9.42. The number of hydrogen-bond acceptors (Lipinski definition) is 1. The number of aromatic amines is 1. The van der Waals surface area contributed by atoms with E-state index in [9.17, 15) is 4.21 Å². The summed E-state index contributed by atoms with van der Waals surface area (Å²) >= 11 is 5.84. The number of halogens is 1. The van der Waals surface area contributed by atoms with Crippen LogP contribution in [0.3, 0.4) is 0 Å². The van der Waals surface area contributed by atoms with Crippen LogP contribution in [-0.4, -0.2) is 15.4 Å². The van der Waals surface area contributed by atoms with Crippen molar-refractivity contribution >= 4 is 33.3 Å². The standard InChI is InChI=1S/C9H8ClNOS/c1-13(12)9-5-11-8-3-2-6(10)4-7(8)9/h2-5,11H,1H3. The number of fused-ring (bicyclic) bond motifs is 1. The SMILES string of the molecule is CS(=O)c1c[nH]c2ccc(Cl)cc12. The third-order valence-electron chi connectivity index (χ3n) is 1.92. The van der Waals surface area contributed by atoms with Crippen LogP contribution >= 0.6 is 11.6 Å². The van der Waals surface area contributed by atoms with Gasteiger partial charge in [0.2, 0.25) is 0 Å². The molecule has 1 unspecified atom stereocenters. The first kappa shape index (κ1) is 8.78. The summed E-state index contributed by atoms with van der Waals surface area (Å²) < 4.78 is 11.3. The molecule has 1 heterocycles. The van der Waals surface area contributed by atoms with E-state index in [0.717, 1.165) is 15.8 Å². The van der Waals surface area contributed by atoms with Crippen molar-refractivity contribution in [3.8, 4) is 0 Å². The second kappa shape index (κ2) is 3.16. The number of benzene rings is 1. The van der Waals surface area contributed by atoms with Gasteiger partial charge in [-0.2, -0.15) is 0 Å². The van der Waals surface area contributed by atoms with Crippen LogP contribution < -0.4 is 0 Å². The lowest BCUT2D eigenvalue weighted by molar-refractivity contribution is 0.687. The van der Waals surface area contributed by atoms with Crippen molar-refractivity contribution in [1.82, 2.24) is 4.98 Å². The Morgan fingerprint density at radius 2 is 2.23 bits per heavy atom. The zero-order valence-corrected chi connectivity index (χ0v) is 8.58. The van der Waals surface area contributed by atoms with Crippen LogP contribution in [0, 0.1) is 0 Å². The van der Waals surface area contributed by atoms with Crippen LogP contribution in [0.15, 0.2) is 29.3 Å². The van der Waals surface area contributed by atoms with Crippen LogP contribution in [0.1, 0.15) is 0 Å². The number of aromatic nitrogens is 1. The maximum Gasteiger partial charge on any atom is 0.0638 e. The predicted molar refractivity (Wildman–Crippen MR) is 55.6 cm³/mol. The lowest BCUT2D eigenvalue weighted by Gasteiger charge is -1.94. The van der Waals surface area contributed by atoms with E-state index in [1.54, 1.807) is 12.5 Å². The Labute approximate surface area is 83.4 Å². The minimum absolute atomic E-state index is 0.666. The van der Waals surface area contributed by atoms with Crippen LogP contribution in [0.4, 0.5) is 0 Å². The quantitative estimate of drug-likeness (QED) is 0.776. The summed E-state index contributed by atoms with van der Waals surface area (Å²) in [6.45, 7) is 0. The average molecular weight is 214 g/mol. The van der Waals surface area contributed by atoms with Gasteiger partial charge in [0.1, 0.15) is 0 Å². The molecule has 0 saturated carbocycles. The van der Waals surface area contributed by atoms with Gasteiger partial charge in [0.05, 0.1) is 15.7 Å². The van der Waals surface area contributed by atoms with Crippen LogP contribution in [0.5, 0.6) is 0 Å². The molecule has 0 radical (unpaired) electrons. The molecule has 0 aliphatic rings. The second-order valence-electron chi connectivity index (χ2n) is 2.80. The van der Waals surface area contributed by atoms with Crippen molar-refractivity contribution in [2.24, 2.45) is 0 Å². The summed E-state index contributed by atoms with van der Waals surface area (Å²) in [6, 6.07) is 5.51. The topological polar surface area (TPSA) is 32.9 Å². The van der Waals surface area contributed by atoms with Crippen molar-refractivity contribution in [3.63, 3.8) is 0 Å². The highest BCUT2D eigenvalue weighted by atomic mass is 35.5. The summed E-state index contributed by atoms with van der Waals surface area (Å²) in [5.41, 5.74) is 0.967. The normalized spacial score (nSPS) is 13.4. The maximum absolute atomic E-state index is 11.3. The Bertz CT molecular complexity index is 477. The Balaban J connectivity index is 2.79. The van der Waals surface area contributed by atoms with E-state index >= 15 is 0 Å². The van der Waals surface area contributed by atoms with Gasteiger partial charge in [-0.15, -0.1) is 0 Å². The predicted octanol–water partition coefficient (Wildman–Crippen LogP) is 2.56. The minimum atomic E-state index is -0.971. The van der Waals surface area contributed by atoms with Gasteiger partial charge < -0.3 is 4.98 Å². The van der Waals surface area contributed by atoms with E-state index in [1.807, 2.05) is 18.2 Å². The van der Waals surface area contributed by atoms with Crippen molar-refractivity contribution in [3.05, 3.63) is 29.4 Å². The third-order valence-corrected chi connectivity index (χ3v) is 3.11. The van der Waals surface area contributed by atoms with Gasteiger partial charge in [0.25, 0.3) is 0 Å². The summed E-state index contributed by atoms with van der Waals surface area (Å²) in [7, 11) is -0.971. The lowest BCUT2D eigenvalue weighted by atomic mass is 10.2. The largest absolute Gasteiger partial charge is 0.360 e. The monoisotopic (exact) mass is 213 g/mol. The highest BCUT2D eigenvalue weighted by Gasteiger charge is 2.06.